The van der Waals surface area contributed by atoms with Crippen molar-refractivity contribution in [2.75, 3.05) is 25.0 Å². The molecule has 0 amide bonds. The number of nitrogens with zero attached hydrogens (tertiary/aromatic N) is 1. The standard InChI is InChI=1S/C19H30N2/c1-19(2)12-6-9-16(18(19)20-3)14-21-13-7-10-15-8-4-5-11-17(15)21/h4-5,8,11,16,18,20H,6-7,9-10,12-14H2,1-3H3. The van der Waals surface area contributed by atoms with E-state index in [-0.39, 0.29) is 0 Å². The second-order valence-corrected chi connectivity index (χ2v) is 7.59. The van der Waals surface area contributed by atoms with E-state index in [0.29, 0.717) is 11.5 Å². The minimum Gasteiger partial charge on any atom is -0.371 e. The number of hydrogen-bond acceptors (Lipinski definition) is 2. The van der Waals surface area contributed by atoms with Crippen LogP contribution >= 0.6 is 0 Å². The number of benzene rings is 1. The summed E-state index contributed by atoms with van der Waals surface area (Å²) in [6.07, 6.45) is 6.65. The van der Waals surface area contributed by atoms with E-state index < -0.39 is 0 Å². The predicted molar refractivity (Wildman–Crippen MR) is 90.9 cm³/mol. The zero-order valence-electron chi connectivity index (χ0n) is 13.9. The molecule has 2 aliphatic rings. The second kappa shape index (κ2) is 6.00. The van der Waals surface area contributed by atoms with E-state index in [1.165, 1.54) is 50.9 Å². The van der Waals surface area contributed by atoms with Gasteiger partial charge in [-0.1, -0.05) is 38.5 Å². The van der Waals surface area contributed by atoms with Gasteiger partial charge in [-0.15, -0.1) is 0 Å². The fourth-order valence-corrected chi connectivity index (χ4v) is 4.69. The van der Waals surface area contributed by atoms with Gasteiger partial charge in [0.05, 0.1) is 0 Å². The third-order valence-corrected chi connectivity index (χ3v) is 5.68. The zero-order chi connectivity index (χ0) is 14.9. The van der Waals surface area contributed by atoms with E-state index >= 15 is 0 Å². The molecule has 1 heterocycles. The quantitative estimate of drug-likeness (QED) is 0.908. The van der Waals surface area contributed by atoms with Gasteiger partial charge >= 0.3 is 0 Å². The Morgan fingerprint density at radius 3 is 2.86 bits per heavy atom. The summed E-state index contributed by atoms with van der Waals surface area (Å²) < 4.78 is 0. The van der Waals surface area contributed by atoms with E-state index in [0.717, 1.165) is 5.92 Å². The van der Waals surface area contributed by atoms with Crippen LogP contribution in [0.2, 0.25) is 0 Å². The minimum atomic E-state index is 0.424. The van der Waals surface area contributed by atoms with Crippen molar-refractivity contribution in [1.29, 1.82) is 0 Å². The van der Waals surface area contributed by atoms with Crippen LogP contribution in [0.5, 0.6) is 0 Å². The normalized spacial score (nSPS) is 28.2. The summed E-state index contributed by atoms with van der Waals surface area (Å²) in [6.45, 7) is 7.31. The molecule has 1 aliphatic heterocycles. The van der Waals surface area contributed by atoms with E-state index in [1.54, 1.807) is 5.56 Å². The van der Waals surface area contributed by atoms with E-state index in [9.17, 15) is 0 Å². The fraction of sp³-hybridized carbons (Fsp3) is 0.684. The van der Waals surface area contributed by atoms with E-state index in [4.69, 9.17) is 0 Å². The van der Waals surface area contributed by atoms with Gasteiger partial charge in [-0.2, -0.15) is 0 Å². The third-order valence-electron chi connectivity index (χ3n) is 5.68. The first-order valence-corrected chi connectivity index (χ1v) is 8.62. The van der Waals surface area contributed by atoms with Gasteiger partial charge in [-0.25, -0.2) is 0 Å². The lowest BCUT2D eigenvalue weighted by molar-refractivity contribution is 0.117. The summed E-state index contributed by atoms with van der Waals surface area (Å²) in [7, 11) is 2.15. The molecule has 2 unspecified atom stereocenters. The first-order valence-electron chi connectivity index (χ1n) is 8.62. The average molecular weight is 286 g/mol. The highest BCUT2D eigenvalue weighted by atomic mass is 15.1. The van der Waals surface area contributed by atoms with Crippen molar-refractivity contribution in [2.45, 2.75) is 52.0 Å². The maximum absolute atomic E-state index is 3.63. The second-order valence-electron chi connectivity index (χ2n) is 7.59. The smallest absolute Gasteiger partial charge is 0.0398 e. The van der Waals surface area contributed by atoms with Crippen LogP contribution in [-0.4, -0.2) is 26.2 Å². The molecule has 0 saturated heterocycles. The first kappa shape index (κ1) is 14.9. The van der Waals surface area contributed by atoms with Gasteiger partial charge < -0.3 is 10.2 Å². The van der Waals surface area contributed by atoms with Crippen LogP contribution in [0.25, 0.3) is 0 Å². The van der Waals surface area contributed by atoms with Crippen molar-refractivity contribution in [1.82, 2.24) is 5.32 Å². The van der Waals surface area contributed by atoms with Gasteiger partial charge in [0.25, 0.3) is 0 Å². The zero-order valence-corrected chi connectivity index (χ0v) is 13.9. The van der Waals surface area contributed by atoms with Gasteiger partial charge in [0, 0.05) is 24.8 Å². The van der Waals surface area contributed by atoms with Crippen molar-refractivity contribution in [3.8, 4) is 0 Å². The molecule has 1 aliphatic carbocycles. The molecule has 1 aromatic carbocycles. The highest BCUT2D eigenvalue weighted by molar-refractivity contribution is 5.55. The highest BCUT2D eigenvalue weighted by Gasteiger charge is 2.38. The molecular weight excluding hydrogens is 256 g/mol. The number of fused-ring (bicyclic) bond motifs is 1. The molecule has 1 N–H and O–H groups in total. The topological polar surface area (TPSA) is 15.3 Å². The average Bonchev–Trinajstić information content (AvgIpc) is 2.47. The summed E-state index contributed by atoms with van der Waals surface area (Å²) in [5.74, 6) is 0.768. The van der Waals surface area contributed by atoms with Crippen LogP contribution in [-0.2, 0) is 6.42 Å². The largest absolute Gasteiger partial charge is 0.371 e. The van der Waals surface area contributed by atoms with Gasteiger partial charge in [-0.3, -0.25) is 0 Å². The first-order chi connectivity index (χ1) is 10.1. The van der Waals surface area contributed by atoms with Crippen molar-refractivity contribution in [2.24, 2.45) is 11.3 Å². The number of anilines is 1. The Morgan fingerprint density at radius 2 is 2.05 bits per heavy atom. The molecule has 0 bridgehead atoms. The Hall–Kier alpha value is -1.02. The molecule has 0 spiro atoms. The molecule has 2 atom stereocenters. The molecule has 3 rings (SSSR count). The molecule has 1 aromatic rings. The molecule has 21 heavy (non-hydrogen) atoms. The van der Waals surface area contributed by atoms with Gasteiger partial charge in [0.15, 0.2) is 0 Å². The number of para-hydroxylation sites is 1. The molecule has 0 aromatic heterocycles. The Balaban J connectivity index is 1.77. The molecule has 1 fully saturated rings. The van der Waals surface area contributed by atoms with Crippen LogP contribution in [0.15, 0.2) is 24.3 Å². The van der Waals surface area contributed by atoms with Crippen LogP contribution < -0.4 is 10.2 Å². The van der Waals surface area contributed by atoms with Crippen molar-refractivity contribution >= 4 is 5.69 Å². The maximum Gasteiger partial charge on any atom is 0.0398 e. The van der Waals surface area contributed by atoms with E-state index in [2.05, 4.69) is 55.4 Å². The lowest BCUT2D eigenvalue weighted by Crippen LogP contribution is -2.52. The van der Waals surface area contributed by atoms with Crippen molar-refractivity contribution in [3.05, 3.63) is 29.8 Å². The Morgan fingerprint density at radius 1 is 1.24 bits per heavy atom. The summed E-state index contributed by atoms with van der Waals surface area (Å²) in [5.41, 5.74) is 3.45. The molecule has 0 radical (unpaired) electrons. The highest BCUT2D eigenvalue weighted by Crippen LogP contribution is 2.40. The predicted octanol–water partition coefficient (Wildman–Crippen LogP) is 3.85. The number of rotatable bonds is 3. The Kier molecular flexibility index (Phi) is 4.26. The van der Waals surface area contributed by atoms with Crippen LogP contribution in [0.3, 0.4) is 0 Å². The van der Waals surface area contributed by atoms with E-state index in [1.807, 2.05) is 0 Å². The summed E-state index contributed by atoms with van der Waals surface area (Å²) in [6, 6.07) is 9.64. The summed E-state index contributed by atoms with van der Waals surface area (Å²) >= 11 is 0. The Labute approximate surface area is 129 Å². The number of hydrogen-bond donors (Lipinski definition) is 1. The third kappa shape index (κ3) is 2.96. The lowest BCUT2D eigenvalue weighted by atomic mass is 9.67. The molecular formula is C19H30N2. The van der Waals surface area contributed by atoms with Gasteiger partial charge in [-0.05, 0) is 55.7 Å². The molecule has 116 valence electrons. The van der Waals surface area contributed by atoms with Gasteiger partial charge in [0.2, 0.25) is 0 Å². The number of aryl methyl sites for hydroxylation is 1. The maximum atomic E-state index is 3.63. The fourth-order valence-electron chi connectivity index (χ4n) is 4.69. The monoisotopic (exact) mass is 286 g/mol. The number of nitrogens with one attached hydrogen (secondary N) is 1. The van der Waals surface area contributed by atoms with Crippen LogP contribution in [0.1, 0.15) is 45.1 Å². The Bertz CT molecular complexity index is 480. The molecule has 2 nitrogen and oxygen atoms in total. The molecule has 1 saturated carbocycles. The molecule has 2 heteroatoms. The van der Waals surface area contributed by atoms with Crippen LogP contribution in [0, 0.1) is 11.3 Å². The SMILES string of the molecule is CNC1C(CN2CCCc3ccccc32)CCCC1(C)C. The van der Waals surface area contributed by atoms with Crippen LogP contribution in [0.4, 0.5) is 5.69 Å². The minimum absolute atomic E-state index is 0.424. The summed E-state index contributed by atoms with van der Waals surface area (Å²) in [5, 5.41) is 3.63. The lowest BCUT2D eigenvalue weighted by Gasteiger charge is -2.46. The van der Waals surface area contributed by atoms with Gasteiger partial charge in [0.1, 0.15) is 0 Å². The van der Waals surface area contributed by atoms with Crippen molar-refractivity contribution < 1.29 is 0 Å². The summed E-state index contributed by atoms with van der Waals surface area (Å²) in [4.78, 5) is 2.65. The van der Waals surface area contributed by atoms with Crippen molar-refractivity contribution in [3.63, 3.8) is 0 Å².